The molecule has 0 bridgehead atoms. The summed E-state index contributed by atoms with van der Waals surface area (Å²) in [7, 11) is 2.97. The van der Waals surface area contributed by atoms with Crippen LogP contribution in [0.5, 0.6) is 0 Å². The van der Waals surface area contributed by atoms with Gasteiger partial charge in [0.1, 0.15) is 11.3 Å². The van der Waals surface area contributed by atoms with Crippen molar-refractivity contribution in [3.8, 4) is 0 Å². The number of carbonyl (C=O) groups is 1. The third-order valence-electron chi connectivity index (χ3n) is 6.21. The van der Waals surface area contributed by atoms with Gasteiger partial charge < -0.3 is 19.3 Å². The molecule has 2 aliphatic carbocycles. The summed E-state index contributed by atoms with van der Waals surface area (Å²) in [4.78, 5) is 12.1. The Bertz CT molecular complexity index is 794. The molecule has 3 atom stereocenters. The fraction of sp³-hybridized carbons (Fsp3) is 0.650. The number of rotatable bonds is 5. The molecule has 0 aromatic carbocycles. The predicted molar refractivity (Wildman–Crippen MR) is 98.7 cm³/mol. The second-order valence-corrected chi connectivity index (χ2v) is 7.85. The number of nitrogens with zero attached hydrogens (tertiary/aromatic N) is 3. The van der Waals surface area contributed by atoms with E-state index in [1.807, 2.05) is 6.20 Å². The topological polar surface area (TPSA) is 95.7 Å². The number of ether oxygens (including phenoxy) is 3. The van der Waals surface area contributed by atoms with E-state index >= 15 is 0 Å². The van der Waals surface area contributed by atoms with Crippen LogP contribution in [0.15, 0.2) is 29.7 Å². The van der Waals surface area contributed by atoms with Crippen molar-refractivity contribution in [2.75, 3.05) is 14.2 Å². The molecule has 4 rings (SSSR count). The van der Waals surface area contributed by atoms with Crippen molar-refractivity contribution < 1.29 is 24.1 Å². The highest BCUT2D eigenvalue weighted by Crippen LogP contribution is 2.44. The lowest BCUT2D eigenvalue weighted by Crippen LogP contribution is -2.37. The summed E-state index contributed by atoms with van der Waals surface area (Å²) < 4.78 is 17.8. The van der Waals surface area contributed by atoms with E-state index in [9.17, 15) is 9.90 Å². The molecular formula is C20H27N3O5. The van der Waals surface area contributed by atoms with Gasteiger partial charge in [-0.3, -0.25) is 0 Å². The Balaban J connectivity index is 1.51. The molecular weight excluding hydrogens is 362 g/mol. The highest BCUT2D eigenvalue weighted by atomic mass is 16.7. The summed E-state index contributed by atoms with van der Waals surface area (Å²) in [6, 6.07) is 0. The van der Waals surface area contributed by atoms with E-state index in [1.165, 1.54) is 13.4 Å². The molecule has 0 spiro atoms. The SMILES string of the molecule is COC(=O)C1=CO[C@@H](OC)[C@@H]2C(Cn3cc(C4(O)CCCCC4)nn3)=CC[C@H]12. The quantitative estimate of drug-likeness (QED) is 0.608. The van der Waals surface area contributed by atoms with Gasteiger partial charge >= 0.3 is 5.97 Å². The molecule has 8 nitrogen and oxygen atoms in total. The Labute approximate surface area is 164 Å². The van der Waals surface area contributed by atoms with Crippen LogP contribution in [-0.4, -0.2) is 46.6 Å². The number of allylic oxidation sites excluding steroid dienone is 1. The zero-order valence-electron chi connectivity index (χ0n) is 16.3. The number of hydrogen-bond acceptors (Lipinski definition) is 7. The maximum atomic E-state index is 12.1. The number of esters is 1. The Morgan fingerprint density at radius 1 is 1.36 bits per heavy atom. The van der Waals surface area contributed by atoms with E-state index in [0.717, 1.165) is 44.1 Å². The fourth-order valence-electron chi connectivity index (χ4n) is 4.67. The van der Waals surface area contributed by atoms with Gasteiger partial charge in [-0.05, 0) is 24.8 Å². The van der Waals surface area contributed by atoms with Crippen LogP contribution in [0.4, 0.5) is 0 Å². The maximum Gasteiger partial charge on any atom is 0.337 e. The van der Waals surface area contributed by atoms with E-state index in [4.69, 9.17) is 14.2 Å². The first-order chi connectivity index (χ1) is 13.6. The molecule has 0 amide bonds. The zero-order chi connectivity index (χ0) is 19.7. The van der Waals surface area contributed by atoms with Crippen LogP contribution in [0.2, 0.25) is 0 Å². The maximum absolute atomic E-state index is 12.1. The van der Waals surface area contributed by atoms with Gasteiger partial charge in [-0.1, -0.05) is 30.6 Å². The van der Waals surface area contributed by atoms with Gasteiger partial charge in [-0.2, -0.15) is 0 Å². The first kappa shape index (κ1) is 19.1. The summed E-state index contributed by atoms with van der Waals surface area (Å²) in [6.45, 7) is 0.516. The van der Waals surface area contributed by atoms with Crippen LogP contribution in [0.3, 0.4) is 0 Å². The van der Waals surface area contributed by atoms with Crippen LogP contribution in [0.1, 0.15) is 44.2 Å². The van der Waals surface area contributed by atoms with Crippen molar-refractivity contribution in [1.29, 1.82) is 0 Å². The standard InChI is InChI=1S/C20H27N3O5/c1-26-18(24)15-12-28-19(27-2)17-13(6-7-14(15)17)10-23-11-16(21-22-23)20(25)8-4-3-5-9-20/h6,11-12,14,17,19,25H,3-5,7-10H2,1-2H3/t14-,17-,19-/m1/s1. The Morgan fingerprint density at radius 3 is 2.86 bits per heavy atom. The molecule has 152 valence electrons. The van der Waals surface area contributed by atoms with Crippen LogP contribution in [0.25, 0.3) is 0 Å². The average Bonchev–Trinajstić information content (AvgIpc) is 3.36. The smallest absolute Gasteiger partial charge is 0.337 e. The number of methoxy groups -OCH3 is 2. The number of hydrogen-bond donors (Lipinski definition) is 1. The number of aromatic nitrogens is 3. The van der Waals surface area contributed by atoms with Gasteiger partial charge in [-0.15, -0.1) is 5.10 Å². The Kier molecular flexibility index (Phi) is 5.25. The minimum absolute atomic E-state index is 0.0355. The van der Waals surface area contributed by atoms with Gasteiger partial charge in [0.2, 0.25) is 6.29 Å². The summed E-state index contributed by atoms with van der Waals surface area (Å²) in [6.07, 6.45) is 10.3. The van der Waals surface area contributed by atoms with E-state index < -0.39 is 11.9 Å². The average molecular weight is 389 g/mol. The van der Waals surface area contributed by atoms with Gasteiger partial charge in [0, 0.05) is 13.0 Å². The minimum Gasteiger partial charge on any atom is -0.471 e. The number of aliphatic hydroxyl groups is 1. The molecule has 1 aromatic rings. The lowest BCUT2D eigenvalue weighted by Gasteiger charge is -2.34. The van der Waals surface area contributed by atoms with Crippen molar-refractivity contribution >= 4 is 5.97 Å². The van der Waals surface area contributed by atoms with Crippen LogP contribution < -0.4 is 0 Å². The Morgan fingerprint density at radius 2 is 2.14 bits per heavy atom. The highest BCUT2D eigenvalue weighted by molar-refractivity contribution is 5.89. The van der Waals surface area contributed by atoms with Gasteiger partial charge in [0.05, 0.1) is 37.6 Å². The molecule has 1 N–H and O–H groups in total. The monoisotopic (exact) mass is 389 g/mol. The van der Waals surface area contributed by atoms with E-state index in [-0.39, 0.29) is 17.8 Å². The van der Waals surface area contributed by atoms with Gasteiger partial charge in [-0.25, -0.2) is 9.48 Å². The lowest BCUT2D eigenvalue weighted by atomic mass is 9.83. The third kappa shape index (κ3) is 3.35. The van der Waals surface area contributed by atoms with Crippen molar-refractivity contribution in [3.05, 3.63) is 35.4 Å². The molecule has 8 heteroatoms. The first-order valence-electron chi connectivity index (χ1n) is 9.84. The summed E-state index contributed by atoms with van der Waals surface area (Å²) in [5.74, 6) is -0.497. The van der Waals surface area contributed by atoms with Crippen LogP contribution in [0, 0.1) is 11.8 Å². The molecule has 28 heavy (non-hydrogen) atoms. The summed E-state index contributed by atoms with van der Waals surface area (Å²) >= 11 is 0. The van der Waals surface area contributed by atoms with Gasteiger partial charge in [0.15, 0.2) is 0 Å². The molecule has 1 saturated carbocycles. The molecule has 1 aromatic heterocycles. The van der Waals surface area contributed by atoms with Crippen LogP contribution in [-0.2, 0) is 31.2 Å². The third-order valence-corrected chi connectivity index (χ3v) is 6.21. The highest BCUT2D eigenvalue weighted by Gasteiger charge is 2.44. The van der Waals surface area contributed by atoms with Crippen molar-refractivity contribution in [2.24, 2.45) is 11.8 Å². The fourth-order valence-corrected chi connectivity index (χ4v) is 4.67. The van der Waals surface area contributed by atoms with E-state index in [1.54, 1.807) is 11.8 Å². The minimum atomic E-state index is -0.868. The lowest BCUT2D eigenvalue weighted by molar-refractivity contribution is -0.146. The second-order valence-electron chi connectivity index (χ2n) is 7.85. The molecule has 0 radical (unpaired) electrons. The molecule has 2 heterocycles. The molecule has 0 saturated heterocycles. The zero-order valence-corrected chi connectivity index (χ0v) is 16.3. The summed E-state index contributed by atoms with van der Waals surface area (Å²) in [5.41, 5.74) is 1.38. The number of fused-ring (bicyclic) bond motifs is 1. The van der Waals surface area contributed by atoms with Crippen molar-refractivity contribution in [3.63, 3.8) is 0 Å². The molecule has 0 unspecified atom stereocenters. The van der Waals surface area contributed by atoms with Gasteiger partial charge in [0.25, 0.3) is 0 Å². The molecule has 1 aliphatic heterocycles. The van der Waals surface area contributed by atoms with E-state index in [2.05, 4.69) is 16.4 Å². The summed E-state index contributed by atoms with van der Waals surface area (Å²) in [5, 5.41) is 19.4. The normalized spacial score (nSPS) is 28.8. The van der Waals surface area contributed by atoms with Crippen molar-refractivity contribution in [1.82, 2.24) is 15.0 Å². The van der Waals surface area contributed by atoms with Crippen molar-refractivity contribution in [2.45, 2.75) is 57.0 Å². The largest absolute Gasteiger partial charge is 0.471 e. The molecule has 3 aliphatic rings. The predicted octanol–water partition coefficient (Wildman–Crippen LogP) is 2.05. The number of carbonyl (C=O) groups excluding carboxylic acids is 1. The molecule has 1 fully saturated rings. The second kappa shape index (κ2) is 7.67. The van der Waals surface area contributed by atoms with Crippen LogP contribution >= 0.6 is 0 Å². The van der Waals surface area contributed by atoms with E-state index in [0.29, 0.717) is 17.8 Å². The first-order valence-corrected chi connectivity index (χ1v) is 9.84. The Hall–Kier alpha value is -2.19.